The van der Waals surface area contributed by atoms with Crippen LogP contribution < -0.4 is 4.74 Å². The van der Waals surface area contributed by atoms with Crippen molar-refractivity contribution in [1.82, 2.24) is 0 Å². The van der Waals surface area contributed by atoms with E-state index in [-0.39, 0.29) is 6.10 Å². The van der Waals surface area contributed by atoms with Crippen molar-refractivity contribution in [2.45, 2.75) is 6.10 Å². The molecule has 1 aromatic carbocycles. The molecule has 0 saturated heterocycles. The van der Waals surface area contributed by atoms with Crippen molar-refractivity contribution in [2.75, 3.05) is 13.2 Å². The number of halogens is 1. The Morgan fingerprint density at radius 1 is 1.53 bits per heavy atom. The summed E-state index contributed by atoms with van der Waals surface area (Å²) in [7, 11) is 0. The van der Waals surface area contributed by atoms with E-state index >= 15 is 0 Å². The van der Waals surface area contributed by atoms with Gasteiger partial charge >= 0.3 is 0 Å². The van der Waals surface area contributed by atoms with Crippen LogP contribution in [0.2, 0.25) is 0 Å². The Morgan fingerprint density at radius 3 is 3.12 bits per heavy atom. The molecule has 1 aliphatic rings. The SMILES string of the molecule is O/N=C/c1cc(Br)ccc1O[C@@H]1C=CCOC1. The first-order valence-corrected chi connectivity index (χ1v) is 5.97. The summed E-state index contributed by atoms with van der Waals surface area (Å²) in [4.78, 5) is 0. The molecule has 2 rings (SSSR count). The third-order valence-electron chi connectivity index (χ3n) is 2.29. The number of benzene rings is 1. The van der Waals surface area contributed by atoms with Crippen molar-refractivity contribution in [3.05, 3.63) is 40.4 Å². The minimum atomic E-state index is -0.101. The maximum Gasteiger partial charge on any atom is 0.140 e. The molecule has 1 N–H and O–H groups in total. The summed E-state index contributed by atoms with van der Waals surface area (Å²) in [6.45, 7) is 1.16. The van der Waals surface area contributed by atoms with Crippen molar-refractivity contribution >= 4 is 22.1 Å². The summed E-state index contributed by atoms with van der Waals surface area (Å²) < 4.78 is 11.9. The number of rotatable bonds is 3. The van der Waals surface area contributed by atoms with E-state index in [4.69, 9.17) is 14.7 Å². The van der Waals surface area contributed by atoms with Crippen LogP contribution >= 0.6 is 15.9 Å². The van der Waals surface area contributed by atoms with Crippen molar-refractivity contribution in [3.63, 3.8) is 0 Å². The Morgan fingerprint density at radius 2 is 2.41 bits per heavy atom. The molecular formula is C12H12BrNO3. The van der Waals surface area contributed by atoms with E-state index in [9.17, 15) is 0 Å². The highest BCUT2D eigenvalue weighted by Crippen LogP contribution is 2.23. The van der Waals surface area contributed by atoms with Gasteiger partial charge in [-0.05, 0) is 24.3 Å². The van der Waals surface area contributed by atoms with Crippen molar-refractivity contribution in [3.8, 4) is 5.75 Å². The maximum absolute atomic E-state index is 8.60. The van der Waals surface area contributed by atoms with Gasteiger partial charge in [0.15, 0.2) is 0 Å². The highest BCUT2D eigenvalue weighted by Gasteiger charge is 2.12. The molecule has 1 atom stereocenters. The lowest BCUT2D eigenvalue weighted by molar-refractivity contribution is 0.0753. The lowest BCUT2D eigenvalue weighted by Gasteiger charge is -2.19. The highest BCUT2D eigenvalue weighted by molar-refractivity contribution is 9.10. The summed E-state index contributed by atoms with van der Waals surface area (Å²) in [5, 5.41) is 11.6. The average molecular weight is 298 g/mol. The molecule has 0 saturated carbocycles. The maximum atomic E-state index is 8.60. The molecule has 0 fully saturated rings. The fraction of sp³-hybridized carbons (Fsp3) is 0.250. The van der Waals surface area contributed by atoms with Gasteiger partial charge in [0.25, 0.3) is 0 Å². The molecular weight excluding hydrogens is 286 g/mol. The van der Waals surface area contributed by atoms with Gasteiger partial charge < -0.3 is 14.7 Å². The number of oxime groups is 1. The van der Waals surface area contributed by atoms with Crippen molar-refractivity contribution in [1.29, 1.82) is 0 Å². The zero-order valence-electron chi connectivity index (χ0n) is 9.04. The van der Waals surface area contributed by atoms with E-state index in [1.54, 1.807) is 0 Å². The molecule has 0 aromatic heterocycles. The predicted molar refractivity (Wildman–Crippen MR) is 67.9 cm³/mol. The van der Waals surface area contributed by atoms with E-state index in [1.165, 1.54) is 6.21 Å². The Kier molecular flexibility index (Phi) is 4.17. The largest absolute Gasteiger partial charge is 0.483 e. The number of hydrogen-bond donors (Lipinski definition) is 1. The van der Waals surface area contributed by atoms with Crippen LogP contribution in [0.3, 0.4) is 0 Å². The molecule has 0 bridgehead atoms. The molecule has 4 nitrogen and oxygen atoms in total. The molecule has 0 aliphatic carbocycles. The van der Waals surface area contributed by atoms with E-state index < -0.39 is 0 Å². The molecule has 0 unspecified atom stereocenters. The van der Waals surface area contributed by atoms with Gasteiger partial charge in [0.2, 0.25) is 0 Å². The van der Waals surface area contributed by atoms with Crippen LogP contribution in [0.15, 0.2) is 40.0 Å². The van der Waals surface area contributed by atoms with Crippen molar-refractivity contribution < 1.29 is 14.7 Å². The molecule has 0 amide bonds. The van der Waals surface area contributed by atoms with Gasteiger partial charge in [-0.15, -0.1) is 0 Å². The summed E-state index contributed by atoms with van der Waals surface area (Å²) in [6.07, 6.45) is 5.13. The zero-order chi connectivity index (χ0) is 12.1. The monoisotopic (exact) mass is 297 g/mol. The third-order valence-corrected chi connectivity index (χ3v) is 2.79. The Bertz CT molecular complexity index is 445. The first kappa shape index (κ1) is 12.1. The fourth-order valence-corrected chi connectivity index (χ4v) is 1.92. The number of ether oxygens (including phenoxy) is 2. The first-order valence-electron chi connectivity index (χ1n) is 5.17. The van der Waals surface area contributed by atoms with E-state index in [2.05, 4.69) is 21.1 Å². The fourth-order valence-electron chi connectivity index (χ4n) is 1.54. The molecule has 1 aliphatic heterocycles. The predicted octanol–water partition coefficient (Wildman–Crippen LogP) is 2.59. The van der Waals surface area contributed by atoms with Crippen LogP contribution in [-0.4, -0.2) is 30.7 Å². The van der Waals surface area contributed by atoms with Gasteiger partial charge in [0.05, 0.1) is 19.4 Å². The normalized spacial score (nSPS) is 19.7. The van der Waals surface area contributed by atoms with E-state index in [0.717, 1.165) is 4.47 Å². The van der Waals surface area contributed by atoms with Gasteiger partial charge in [-0.3, -0.25) is 0 Å². The van der Waals surface area contributed by atoms with E-state index in [0.29, 0.717) is 24.5 Å². The number of hydrogen-bond acceptors (Lipinski definition) is 4. The van der Waals surface area contributed by atoms with Gasteiger partial charge in [-0.25, -0.2) is 0 Å². The lowest BCUT2D eigenvalue weighted by atomic mass is 10.2. The molecule has 17 heavy (non-hydrogen) atoms. The summed E-state index contributed by atoms with van der Waals surface area (Å²) >= 11 is 3.35. The lowest BCUT2D eigenvalue weighted by Crippen LogP contribution is -2.24. The summed E-state index contributed by atoms with van der Waals surface area (Å²) in [5.41, 5.74) is 0.709. The smallest absolute Gasteiger partial charge is 0.140 e. The second kappa shape index (κ2) is 5.84. The van der Waals surface area contributed by atoms with Crippen molar-refractivity contribution in [2.24, 2.45) is 5.16 Å². The third kappa shape index (κ3) is 3.31. The summed E-state index contributed by atoms with van der Waals surface area (Å²) in [5.74, 6) is 0.658. The van der Waals surface area contributed by atoms with Crippen LogP contribution in [0, 0.1) is 0 Å². The standard InChI is InChI=1S/C12H12BrNO3/c13-10-3-4-12(9(6-10)7-14-15)17-11-2-1-5-16-8-11/h1-4,6-7,11,15H,5,8H2/b14-7+/t11-/m1/s1. The van der Waals surface area contributed by atoms with Crippen LogP contribution in [0.1, 0.15) is 5.56 Å². The Balaban J connectivity index is 2.19. The molecule has 5 heteroatoms. The molecule has 1 heterocycles. The van der Waals surface area contributed by atoms with Crippen LogP contribution in [-0.2, 0) is 4.74 Å². The minimum absolute atomic E-state index is 0.101. The average Bonchev–Trinajstić information content (AvgIpc) is 2.34. The number of nitrogens with zero attached hydrogens (tertiary/aromatic N) is 1. The van der Waals surface area contributed by atoms with Gasteiger partial charge in [0, 0.05) is 10.0 Å². The van der Waals surface area contributed by atoms with E-state index in [1.807, 2.05) is 30.4 Å². The van der Waals surface area contributed by atoms with Gasteiger partial charge in [-0.1, -0.05) is 27.2 Å². The molecule has 0 spiro atoms. The Hall–Kier alpha value is -1.33. The van der Waals surface area contributed by atoms with Crippen LogP contribution in [0.25, 0.3) is 0 Å². The first-order chi connectivity index (χ1) is 8.29. The van der Waals surface area contributed by atoms with Crippen LogP contribution in [0.5, 0.6) is 5.75 Å². The quantitative estimate of drug-likeness (QED) is 0.404. The Labute approximate surface area is 108 Å². The molecule has 0 radical (unpaired) electrons. The minimum Gasteiger partial charge on any atom is -0.483 e. The zero-order valence-corrected chi connectivity index (χ0v) is 10.6. The molecule has 1 aromatic rings. The van der Waals surface area contributed by atoms with Gasteiger partial charge in [-0.2, -0.15) is 0 Å². The second-order valence-corrected chi connectivity index (χ2v) is 4.46. The summed E-state index contributed by atoms with van der Waals surface area (Å²) in [6, 6.07) is 5.52. The van der Waals surface area contributed by atoms with Gasteiger partial charge in [0.1, 0.15) is 11.9 Å². The molecule has 90 valence electrons. The highest BCUT2D eigenvalue weighted by atomic mass is 79.9. The second-order valence-electron chi connectivity index (χ2n) is 3.55. The topological polar surface area (TPSA) is 51.1 Å². The van der Waals surface area contributed by atoms with Crippen LogP contribution in [0.4, 0.5) is 0 Å².